The first-order valence-electron chi connectivity index (χ1n) is 9.39. The van der Waals surface area contributed by atoms with Crippen molar-refractivity contribution in [2.75, 3.05) is 44.6 Å². The molecule has 1 aromatic carbocycles. The minimum atomic E-state index is 0.0409. The molecular weight excluding hydrogens is 344 g/mol. The molecule has 1 amide bonds. The molecule has 0 unspecified atom stereocenters. The molecule has 3 rings (SSSR count). The Morgan fingerprint density at radius 2 is 1.85 bits per heavy atom. The smallest absolute Gasteiger partial charge is 0.240 e. The molecule has 1 N–H and O–H groups in total. The Morgan fingerprint density at radius 1 is 1.15 bits per heavy atom. The predicted octanol–water partition coefficient (Wildman–Crippen LogP) is 2.81. The maximum Gasteiger partial charge on any atom is 0.240 e. The van der Waals surface area contributed by atoms with E-state index in [4.69, 9.17) is 0 Å². The molecule has 6 heteroatoms. The van der Waals surface area contributed by atoms with Gasteiger partial charge in [-0.3, -0.25) is 9.69 Å². The molecule has 1 fully saturated rings. The van der Waals surface area contributed by atoms with Gasteiger partial charge >= 0.3 is 0 Å². The van der Waals surface area contributed by atoms with E-state index in [0.29, 0.717) is 6.54 Å². The summed E-state index contributed by atoms with van der Waals surface area (Å²) < 4.78 is 0. The highest BCUT2D eigenvalue weighted by atomic mass is 32.1. The lowest BCUT2D eigenvalue weighted by Crippen LogP contribution is -2.49. The molecule has 2 aromatic rings. The largest absolute Gasteiger partial charge is 0.301 e. The van der Waals surface area contributed by atoms with E-state index in [2.05, 4.69) is 64.3 Å². The van der Waals surface area contributed by atoms with E-state index in [9.17, 15) is 4.79 Å². The summed E-state index contributed by atoms with van der Waals surface area (Å²) in [6.45, 7) is 9.62. The Hall–Kier alpha value is -1.76. The average molecular weight is 373 g/mol. The summed E-state index contributed by atoms with van der Waals surface area (Å²) in [4.78, 5) is 22.7. The molecule has 1 aromatic heterocycles. The topological polar surface area (TPSA) is 48.5 Å². The Labute approximate surface area is 160 Å². The van der Waals surface area contributed by atoms with Crippen molar-refractivity contribution in [3.05, 3.63) is 46.5 Å². The third-order valence-corrected chi connectivity index (χ3v) is 5.79. The number of thiazole rings is 1. The molecule has 1 saturated heterocycles. The molecule has 0 aliphatic carbocycles. The van der Waals surface area contributed by atoms with Crippen LogP contribution in [0.1, 0.15) is 23.1 Å². The van der Waals surface area contributed by atoms with E-state index < -0.39 is 0 Å². The summed E-state index contributed by atoms with van der Waals surface area (Å²) in [7, 11) is 0. The van der Waals surface area contributed by atoms with Crippen molar-refractivity contribution >= 4 is 22.4 Å². The molecule has 5 nitrogen and oxygen atoms in total. The zero-order chi connectivity index (χ0) is 18.4. The first-order chi connectivity index (χ1) is 12.6. The van der Waals surface area contributed by atoms with Crippen LogP contribution >= 0.6 is 11.3 Å². The number of amides is 1. The van der Waals surface area contributed by atoms with E-state index in [1.807, 2.05) is 0 Å². The van der Waals surface area contributed by atoms with Crippen LogP contribution in [0.3, 0.4) is 0 Å². The van der Waals surface area contributed by atoms with Gasteiger partial charge in [0.25, 0.3) is 0 Å². The second kappa shape index (κ2) is 9.26. The molecule has 26 heavy (non-hydrogen) atoms. The molecule has 2 heterocycles. The standard InChI is InChI=1S/C20H28N4OS/c1-3-18-16(2)26-20(21-18)22-19(25)15-24-13-11-23(12-14-24)10-9-17-7-5-4-6-8-17/h4-8H,3,9-15H2,1-2H3,(H,21,22,25). The summed E-state index contributed by atoms with van der Waals surface area (Å²) in [5.74, 6) is 0.0409. The Kier molecular flexibility index (Phi) is 6.77. The van der Waals surface area contributed by atoms with Gasteiger partial charge < -0.3 is 10.2 Å². The number of hydrogen-bond acceptors (Lipinski definition) is 5. The fraction of sp³-hybridized carbons (Fsp3) is 0.500. The van der Waals surface area contributed by atoms with E-state index in [-0.39, 0.29) is 5.91 Å². The van der Waals surface area contributed by atoms with Crippen molar-refractivity contribution in [2.45, 2.75) is 26.7 Å². The van der Waals surface area contributed by atoms with Gasteiger partial charge in [-0.2, -0.15) is 0 Å². The number of aromatic nitrogens is 1. The van der Waals surface area contributed by atoms with Crippen LogP contribution in [-0.2, 0) is 17.6 Å². The third-order valence-electron chi connectivity index (χ3n) is 4.87. The zero-order valence-electron chi connectivity index (χ0n) is 15.7. The second-order valence-corrected chi connectivity index (χ2v) is 7.98. The fourth-order valence-corrected chi connectivity index (χ4v) is 4.19. The number of hydrogen-bond donors (Lipinski definition) is 1. The highest BCUT2D eigenvalue weighted by Crippen LogP contribution is 2.22. The maximum atomic E-state index is 12.3. The Balaban J connectivity index is 1.38. The first kappa shape index (κ1) is 19.0. The zero-order valence-corrected chi connectivity index (χ0v) is 16.5. The SMILES string of the molecule is CCc1nc(NC(=O)CN2CCN(CCc3ccccc3)CC2)sc1C. The summed E-state index contributed by atoms with van der Waals surface area (Å²) in [5, 5.41) is 3.68. The highest BCUT2D eigenvalue weighted by molar-refractivity contribution is 7.15. The van der Waals surface area contributed by atoms with Gasteiger partial charge in [0.1, 0.15) is 0 Å². The molecule has 1 aliphatic heterocycles. The summed E-state index contributed by atoms with van der Waals surface area (Å²) in [6.07, 6.45) is 1.99. The van der Waals surface area contributed by atoms with Gasteiger partial charge in [0.2, 0.25) is 5.91 Å². The Morgan fingerprint density at radius 3 is 2.50 bits per heavy atom. The summed E-state index contributed by atoms with van der Waals surface area (Å²) in [6, 6.07) is 10.6. The average Bonchev–Trinajstić information content (AvgIpc) is 3.01. The number of anilines is 1. The highest BCUT2D eigenvalue weighted by Gasteiger charge is 2.19. The lowest BCUT2D eigenvalue weighted by molar-refractivity contribution is -0.117. The van der Waals surface area contributed by atoms with Crippen molar-refractivity contribution in [3.63, 3.8) is 0 Å². The van der Waals surface area contributed by atoms with E-state index in [1.54, 1.807) is 11.3 Å². The van der Waals surface area contributed by atoms with Crippen molar-refractivity contribution in [1.82, 2.24) is 14.8 Å². The molecule has 0 radical (unpaired) electrons. The molecule has 140 valence electrons. The molecule has 0 bridgehead atoms. The lowest BCUT2D eigenvalue weighted by Gasteiger charge is -2.34. The van der Waals surface area contributed by atoms with Crippen molar-refractivity contribution in [3.8, 4) is 0 Å². The minimum absolute atomic E-state index is 0.0409. The van der Waals surface area contributed by atoms with Crippen LogP contribution in [-0.4, -0.2) is 60.0 Å². The van der Waals surface area contributed by atoms with Crippen LogP contribution in [0.2, 0.25) is 0 Å². The quantitative estimate of drug-likeness (QED) is 0.812. The van der Waals surface area contributed by atoms with Crippen LogP contribution in [0.15, 0.2) is 30.3 Å². The number of carbonyl (C=O) groups is 1. The summed E-state index contributed by atoms with van der Waals surface area (Å²) in [5.41, 5.74) is 2.47. The summed E-state index contributed by atoms with van der Waals surface area (Å²) >= 11 is 1.56. The number of nitrogens with one attached hydrogen (secondary N) is 1. The molecule has 0 spiro atoms. The minimum Gasteiger partial charge on any atom is -0.301 e. The molecular formula is C20H28N4OS. The number of nitrogens with zero attached hydrogens (tertiary/aromatic N) is 3. The van der Waals surface area contributed by atoms with Gasteiger partial charge in [0, 0.05) is 37.6 Å². The fourth-order valence-electron chi connectivity index (χ4n) is 3.27. The second-order valence-electron chi connectivity index (χ2n) is 6.78. The first-order valence-corrected chi connectivity index (χ1v) is 10.2. The van der Waals surface area contributed by atoms with Crippen molar-refractivity contribution in [2.24, 2.45) is 0 Å². The van der Waals surface area contributed by atoms with Crippen LogP contribution in [0, 0.1) is 6.92 Å². The normalized spacial score (nSPS) is 15.9. The van der Waals surface area contributed by atoms with Crippen LogP contribution in [0.4, 0.5) is 5.13 Å². The number of piperazine rings is 1. The maximum absolute atomic E-state index is 12.3. The van der Waals surface area contributed by atoms with Crippen molar-refractivity contribution < 1.29 is 4.79 Å². The monoisotopic (exact) mass is 372 g/mol. The molecule has 1 aliphatic rings. The van der Waals surface area contributed by atoms with Gasteiger partial charge in [-0.1, -0.05) is 37.3 Å². The number of carbonyl (C=O) groups excluding carboxylic acids is 1. The van der Waals surface area contributed by atoms with E-state index in [1.165, 1.54) is 10.4 Å². The molecule has 0 atom stereocenters. The van der Waals surface area contributed by atoms with Gasteiger partial charge in [-0.05, 0) is 25.3 Å². The number of rotatable bonds is 7. The van der Waals surface area contributed by atoms with Gasteiger partial charge in [-0.25, -0.2) is 4.98 Å². The number of aryl methyl sites for hydroxylation is 2. The molecule has 0 saturated carbocycles. The van der Waals surface area contributed by atoms with E-state index >= 15 is 0 Å². The van der Waals surface area contributed by atoms with Crippen LogP contribution in [0.25, 0.3) is 0 Å². The van der Waals surface area contributed by atoms with Crippen LogP contribution in [0.5, 0.6) is 0 Å². The van der Waals surface area contributed by atoms with Gasteiger partial charge in [-0.15, -0.1) is 11.3 Å². The lowest BCUT2D eigenvalue weighted by atomic mass is 10.1. The van der Waals surface area contributed by atoms with Gasteiger partial charge in [0.15, 0.2) is 5.13 Å². The van der Waals surface area contributed by atoms with Crippen LogP contribution < -0.4 is 5.32 Å². The third kappa shape index (κ3) is 5.37. The number of benzene rings is 1. The van der Waals surface area contributed by atoms with E-state index in [0.717, 1.165) is 56.4 Å². The van der Waals surface area contributed by atoms with Gasteiger partial charge in [0.05, 0.1) is 12.2 Å². The van der Waals surface area contributed by atoms with Crippen molar-refractivity contribution in [1.29, 1.82) is 0 Å². The Bertz CT molecular complexity index is 708. The predicted molar refractivity (Wildman–Crippen MR) is 108 cm³/mol.